The number of piperidine rings is 1. The van der Waals surface area contributed by atoms with Gasteiger partial charge in [0.05, 0.1) is 5.92 Å². The summed E-state index contributed by atoms with van der Waals surface area (Å²) in [5.41, 5.74) is 3.48. The largest absolute Gasteiger partial charge is 0.457 e. The van der Waals surface area contributed by atoms with E-state index in [4.69, 9.17) is 13.6 Å². The fourth-order valence-corrected chi connectivity index (χ4v) is 3.92. The molecule has 5 rings (SSSR count). The fraction of sp³-hybridized carbons (Fsp3) is 0.304. The van der Waals surface area contributed by atoms with Gasteiger partial charge in [-0.15, -0.1) is 0 Å². The molecule has 29 heavy (non-hydrogen) atoms. The smallest absolute Gasteiger partial charge is 0.309 e. The van der Waals surface area contributed by atoms with Gasteiger partial charge in [-0.25, -0.2) is 0 Å². The van der Waals surface area contributed by atoms with E-state index in [-0.39, 0.29) is 18.5 Å². The van der Waals surface area contributed by atoms with Gasteiger partial charge in [-0.3, -0.25) is 4.79 Å². The van der Waals surface area contributed by atoms with Gasteiger partial charge >= 0.3 is 5.97 Å². The molecule has 0 N–H and O–H groups in total. The lowest BCUT2D eigenvalue weighted by molar-refractivity contribution is -0.151. The number of nitrogens with zero attached hydrogens (tertiary/aromatic N) is 2. The quantitative estimate of drug-likeness (QED) is 0.464. The summed E-state index contributed by atoms with van der Waals surface area (Å²) >= 11 is 0. The van der Waals surface area contributed by atoms with Crippen LogP contribution in [0.5, 0.6) is 0 Å². The molecule has 4 aromatic rings. The number of ether oxygens (including phenoxy) is 1. The average molecular weight is 390 g/mol. The number of aromatic nitrogens is 1. The van der Waals surface area contributed by atoms with Crippen LogP contribution in [0.3, 0.4) is 0 Å². The summed E-state index contributed by atoms with van der Waals surface area (Å²) in [6.45, 7) is 3.60. The molecule has 1 fully saturated rings. The van der Waals surface area contributed by atoms with Gasteiger partial charge in [0.15, 0.2) is 5.58 Å². The van der Waals surface area contributed by atoms with E-state index in [1.54, 1.807) is 0 Å². The first kappa shape index (κ1) is 17.8. The van der Waals surface area contributed by atoms with Crippen LogP contribution in [0, 0.1) is 12.8 Å². The number of esters is 1. The van der Waals surface area contributed by atoms with Crippen LogP contribution >= 0.6 is 0 Å². The molecule has 0 radical (unpaired) electrons. The fourth-order valence-electron chi connectivity index (χ4n) is 3.92. The predicted octanol–water partition coefficient (Wildman–Crippen LogP) is 4.84. The van der Waals surface area contributed by atoms with Gasteiger partial charge in [-0.1, -0.05) is 30.3 Å². The molecule has 6 heteroatoms. The Balaban J connectivity index is 1.19. The normalized spacial score (nSPS) is 15.3. The van der Waals surface area contributed by atoms with Crippen LogP contribution < -0.4 is 4.90 Å². The highest BCUT2D eigenvalue weighted by Crippen LogP contribution is 2.28. The highest BCUT2D eigenvalue weighted by Gasteiger charge is 2.28. The molecule has 0 bridgehead atoms. The van der Waals surface area contributed by atoms with E-state index in [0.717, 1.165) is 53.6 Å². The van der Waals surface area contributed by atoms with Crippen LogP contribution in [0.1, 0.15) is 24.2 Å². The number of benzene rings is 2. The van der Waals surface area contributed by atoms with Gasteiger partial charge in [0.1, 0.15) is 23.5 Å². The monoisotopic (exact) mass is 390 g/mol. The molecular weight excluding hydrogens is 368 g/mol. The lowest BCUT2D eigenvalue weighted by Gasteiger charge is -2.29. The first-order valence-corrected chi connectivity index (χ1v) is 9.93. The summed E-state index contributed by atoms with van der Waals surface area (Å²) < 4.78 is 17.2. The number of carbonyl (C=O) groups excluding carboxylic acids is 1. The van der Waals surface area contributed by atoms with Crippen molar-refractivity contribution in [3.63, 3.8) is 0 Å². The summed E-state index contributed by atoms with van der Waals surface area (Å²) in [5.74, 6) is 0.436. The highest BCUT2D eigenvalue weighted by atomic mass is 16.5. The van der Waals surface area contributed by atoms with Crippen LogP contribution in [0.2, 0.25) is 0 Å². The molecule has 2 aromatic carbocycles. The topological polar surface area (TPSA) is 68.7 Å². The second kappa shape index (κ2) is 7.28. The lowest BCUT2D eigenvalue weighted by atomic mass is 9.97. The Morgan fingerprint density at radius 1 is 1.07 bits per heavy atom. The summed E-state index contributed by atoms with van der Waals surface area (Å²) in [4.78, 5) is 19.2. The minimum Gasteiger partial charge on any atom is -0.457 e. The highest BCUT2D eigenvalue weighted by molar-refractivity contribution is 5.82. The van der Waals surface area contributed by atoms with Crippen molar-refractivity contribution in [3.8, 4) is 0 Å². The summed E-state index contributed by atoms with van der Waals surface area (Å²) in [6.07, 6.45) is 1.44. The predicted molar refractivity (Wildman–Crippen MR) is 110 cm³/mol. The van der Waals surface area contributed by atoms with E-state index in [9.17, 15) is 4.79 Å². The van der Waals surface area contributed by atoms with Crippen LogP contribution in [-0.4, -0.2) is 24.0 Å². The van der Waals surface area contributed by atoms with Crippen molar-refractivity contribution in [2.24, 2.45) is 5.92 Å². The Morgan fingerprint density at radius 2 is 1.79 bits per heavy atom. The second-order valence-corrected chi connectivity index (χ2v) is 7.48. The van der Waals surface area contributed by atoms with Gasteiger partial charge in [-0.2, -0.15) is 4.98 Å². The minimum atomic E-state index is -0.165. The molecule has 0 atom stereocenters. The zero-order valence-corrected chi connectivity index (χ0v) is 16.3. The number of carbonyl (C=O) groups is 1. The van der Waals surface area contributed by atoms with Gasteiger partial charge in [-0.05, 0) is 38.0 Å². The van der Waals surface area contributed by atoms with Crippen LogP contribution in [0.25, 0.3) is 22.1 Å². The van der Waals surface area contributed by atoms with Crippen LogP contribution in [0.15, 0.2) is 57.4 Å². The Bertz CT molecular complexity index is 1140. The number of hydrogen-bond acceptors (Lipinski definition) is 6. The molecule has 2 aromatic heterocycles. The van der Waals surface area contributed by atoms with Crippen molar-refractivity contribution in [2.75, 3.05) is 18.0 Å². The molecule has 0 aliphatic carbocycles. The van der Waals surface area contributed by atoms with Crippen molar-refractivity contribution in [1.82, 2.24) is 4.98 Å². The third-order valence-corrected chi connectivity index (χ3v) is 5.67. The van der Waals surface area contributed by atoms with Gasteiger partial charge in [0, 0.05) is 24.0 Å². The SMILES string of the molecule is Cc1c(COC(=O)C2CCN(c3nc4ccccc4o3)CC2)oc2ccccc12. The first-order chi connectivity index (χ1) is 14.2. The van der Waals surface area contributed by atoms with E-state index in [1.807, 2.05) is 55.5 Å². The maximum absolute atomic E-state index is 12.6. The van der Waals surface area contributed by atoms with Crippen molar-refractivity contribution >= 4 is 34.1 Å². The molecule has 0 saturated carbocycles. The van der Waals surface area contributed by atoms with Crippen molar-refractivity contribution in [3.05, 3.63) is 59.9 Å². The van der Waals surface area contributed by atoms with Gasteiger partial charge in [0.25, 0.3) is 6.01 Å². The Kier molecular flexibility index (Phi) is 4.46. The zero-order valence-electron chi connectivity index (χ0n) is 16.3. The number of fused-ring (bicyclic) bond motifs is 2. The Labute approximate surface area is 168 Å². The number of aryl methyl sites for hydroxylation is 1. The molecule has 0 spiro atoms. The number of hydrogen-bond donors (Lipinski definition) is 0. The van der Waals surface area contributed by atoms with Crippen LogP contribution in [0.4, 0.5) is 6.01 Å². The van der Waals surface area contributed by atoms with Gasteiger partial charge < -0.3 is 18.5 Å². The first-order valence-electron chi connectivity index (χ1n) is 9.93. The molecule has 0 amide bonds. The van der Waals surface area contributed by atoms with Crippen LogP contribution in [-0.2, 0) is 16.1 Å². The Morgan fingerprint density at radius 3 is 2.55 bits per heavy atom. The number of furan rings is 1. The molecule has 6 nitrogen and oxygen atoms in total. The number of oxazole rings is 1. The van der Waals surface area contributed by atoms with E-state index in [1.165, 1.54) is 0 Å². The van der Waals surface area contributed by atoms with E-state index in [2.05, 4.69) is 9.88 Å². The molecule has 3 heterocycles. The van der Waals surface area contributed by atoms with E-state index in [0.29, 0.717) is 11.8 Å². The van der Waals surface area contributed by atoms with Crippen molar-refractivity contribution in [2.45, 2.75) is 26.4 Å². The molecule has 0 unspecified atom stereocenters. The summed E-state index contributed by atoms with van der Waals surface area (Å²) in [7, 11) is 0. The number of para-hydroxylation sites is 3. The lowest BCUT2D eigenvalue weighted by Crippen LogP contribution is -2.37. The summed E-state index contributed by atoms with van der Waals surface area (Å²) in [6, 6.07) is 16.2. The van der Waals surface area contributed by atoms with Gasteiger partial charge in [0.2, 0.25) is 0 Å². The Hall–Kier alpha value is -3.28. The maximum Gasteiger partial charge on any atom is 0.309 e. The molecule has 1 aliphatic rings. The zero-order chi connectivity index (χ0) is 19.8. The third-order valence-electron chi connectivity index (χ3n) is 5.67. The van der Waals surface area contributed by atoms with E-state index < -0.39 is 0 Å². The molecule has 1 saturated heterocycles. The molecule has 148 valence electrons. The van der Waals surface area contributed by atoms with Crippen molar-refractivity contribution < 1.29 is 18.4 Å². The third kappa shape index (κ3) is 3.35. The average Bonchev–Trinajstić information content (AvgIpc) is 3.34. The molecular formula is C23H22N2O4. The standard InChI is InChI=1S/C23H22N2O4/c1-15-17-6-2-4-8-19(17)28-21(15)14-27-22(26)16-10-12-25(13-11-16)23-24-18-7-3-5-9-20(18)29-23/h2-9,16H,10-14H2,1H3. The molecule has 1 aliphatic heterocycles. The van der Waals surface area contributed by atoms with E-state index >= 15 is 0 Å². The minimum absolute atomic E-state index is 0.111. The van der Waals surface area contributed by atoms with Crippen molar-refractivity contribution in [1.29, 1.82) is 0 Å². The number of anilines is 1. The number of rotatable bonds is 4. The maximum atomic E-state index is 12.6. The second-order valence-electron chi connectivity index (χ2n) is 7.48. The summed E-state index contributed by atoms with van der Waals surface area (Å²) in [5, 5.41) is 1.06.